The molecular formula is C22H24ClN5O2S. The molecule has 2 heterocycles. The van der Waals surface area contributed by atoms with E-state index in [-0.39, 0.29) is 11.2 Å². The van der Waals surface area contributed by atoms with Crippen molar-refractivity contribution in [2.75, 3.05) is 36.5 Å². The first-order chi connectivity index (χ1) is 15.0. The zero-order chi connectivity index (χ0) is 21.8. The fraction of sp³-hybridized carbons (Fsp3) is 0.318. The number of carbonyl (C=O) groups is 1. The summed E-state index contributed by atoms with van der Waals surface area (Å²) in [6.45, 7) is 5.12. The third-order valence-electron chi connectivity index (χ3n) is 5.10. The third kappa shape index (κ3) is 5.20. The van der Waals surface area contributed by atoms with E-state index in [0.29, 0.717) is 10.2 Å². The van der Waals surface area contributed by atoms with Gasteiger partial charge in [0.25, 0.3) is 0 Å². The van der Waals surface area contributed by atoms with Gasteiger partial charge in [0.15, 0.2) is 11.0 Å². The summed E-state index contributed by atoms with van der Waals surface area (Å²) in [5, 5.41) is 12.5. The van der Waals surface area contributed by atoms with Crippen LogP contribution in [0.4, 0.5) is 11.4 Å². The fourth-order valence-electron chi connectivity index (χ4n) is 3.30. The number of benzene rings is 2. The molecule has 1 aromatic heterocycles. The third-order valence-corrected chi connectivity index (χ3v) is 6.49. The molecule has 0 aliphatic carbocycles. The number of nitrogens with one attached hydrogen (secondary N) is 1. The fourth-order valence-corrected chi connectivity index (χ4v) is 4.24. The molecule has 1 saturated heterocycles. The van der Waals surface area contributed by atoms with E-state index in [1.54, 1.807) is 0 Å². The second-order valence-corrected chi connectivity index (χ2v) is 9.01. The van der Waals surface area contributed by atoms with E-state index < -0.39 is 0 Å². The number of anilines is 2. The number of amides is 1. The SMILES string of the molecule is C[C@H](Sc1nnc(-c2ccc(Cl)cc2)n1C)C(=O)Nc1ccc(N2CCOCC2)cc1. The Morgan fingerprint density at radius 2 is 1.77 bits per heavy atom. The molecule has 1 aliphatic rings. The summed E-state index contributed by atoms with van der Waals surface area (Å²) in [4.78, 5) is 15.0. The normalized spacial score (nSPS) is 15.0. The highest BCUT2D eigenvalue weighted by molar-refractivity contribution is 8.00. The first-order valence-electron chi connectivity index (χ1n) is 10.1. The van der Waals surface area contributed by atoms with Crippen molar-refractivity contribution >= 4 is 40.6 Å². The number of thioether (sulfide) groups is 1. The Morgan fingerprint density at radius 1 is 1.10 bits per heavy atom. The van der Waals surface area contributed by atoms with Crippen LogP contribution in [0, 0.1) is 0 Å². The van der Waals surface area contributed by atoms with Crippen molar-refractivity contribution in [3.8, 4) is 11.4 Å². The van der Waals surface area contributed by atoms with Gasteiger partial charge in [0.1, 0.15) is 0 Å². The van der Waals surface area contributed by atoms with Gasteiger partial charge >= 0.3 is 0 Å². The highest BCUT2D eigenvalue weighted by Gasteiger charge is 2.20. The lowest BCUT2D eigenvalue weighted by molar-refractivity contribution is -0.115. The van der Waals surface area contributed by atoms with Gasteiger partial charge in [0.05, 0.1) is 18.5 Å². The molecule has 2 aromatic carbocycles. The molecule has 0 saturated carbocycles. The topological polar surface area (TPSA) is 72.3 Å². The van der Waals surface area contributed by atoms with E-state index in [1.165, 1.54) is 11.8 Å². The van der Waals surface area contributed by atoms with Gasteiger partial charge in [-0.1, -0.05) is 23.4 Å². The molecule has 31 heavy (non-hydrogen) atoms. The molecule has 162 valence electrons. The van der Waals surface area contributed by atoms with Crippen molar-refractivity contribution in [2.45, 2.75) is 17.3 Å². The summed E-state index contributed by atoms with van der Waals surface area (Å²) >= 11 is 7.33. The molecule has 0 bridgehead atoms. The van der Waals surface area contributed by atoms with Gasteiger partial charge < -0.3 is 19.5 Å². The Morgan fingerprint density at radius 3 is 2.45 bits per heavy atom. The van der Waals surface area contributed by atoms with E-state index >= 15 is 0 Å². The largest absolute Gasteiger partial charge is 0.378 e. The first kappa shape index (κ1) is 21.7. The van der Waals surface area contributed by atoms with Gasteiger partial charge in [-0.3, -0.25) is 4.79 Å². The maximum atomic E-state index is 12.7. The molecule has 1 fully saturated rings. The molecule has 7 nitrogen and oxygen atoms in total. The minimum atomic E-state index is -0.333. The summed E-state index contributed by atoms with van der Waals surface area (Å²) in [7, 11) is 1.89. The van der Waals surface area contributed by atoms with Crippen molar-refractivity contribution in [2.24, 2.45) is 7.05 Å². The Labute approximate surface area is 190 Å². The molecule has 0 unspecified atom stereocenters. The van der Waals surface area contributed by atoms with E-state index in [4.69, 9.17) is 16.3 Å². The molecule has 1 aliphatic heterocycles. The number of hydrogen-bond acceptors (Lipinski definition) is 6. The van der Waals surface area contributed by atoms with Gasteiger partial charge in [-0.05, 0) is 55.5 Å². The van der Waals surface area contributed by atoms with Crippen LogP contribution in [0.1, 0.15) is 6.92 Å². The molecular weight excluding hydrogens is 434 g/mol. The van der Waals surface area contributed by atoms with Crippen LogP contribution >= 0.6 is 23.4 Å². The van der Waals surface area contributed by atoms with E-state index in [2.05, 4.69) is 20.4 Å². The van der Waals surface area contributed by atoms with Crippen LogP contribution < -0.4 is 10.2 Å². The zero-order valence-electron chi connectivity index (χ0n) is 17.4. The van der Waals surface area contributed by atoms with Crippen molar-refractivity contribution in [3.05, 3.63) is 53.6 Å². The average molecular weight is 458 g/mol. The second kappa shape index (κ2) is 9.72. The van der Waals surface area contributed by atoms with Gasteiger partial charge in [-0.15, -0.1) is 10.2 Å². The van der Waals surface area contributed by atoms with Crippen molar-refractivity contribution in [1.82, 2.24) is 14.8 Å². The van der Waals surface area contributed by atoms with E-state index in [9.17, 15) is 4.79 Å². The highest BCUT2D eigenvalue weighted by Crippen LogP contribution is 2.27. The summed E-state index contributed by atoms with van der Waals surface area (Å²) < 4.78 is 7.28. The molecule has 0 radical (unpaired) electrons. The van der Waals surface area contributed by atoms with E-state index in [0.717, 1.165) is 49.1 Å². The number of carbonyl (C=O) groups excluding carboxylic acids is 1. The van der Waals surface area contributed by atoms with Gasteiger partial charge in [0, 0.05) is 42.1 Å². The number of morpholine rings is 1. The Hall–Kier alpha value is -2.55. The second-order valence-electron chi connectivity index (χ2n) is 7.27. The lowest BCUT2D eigenvalue weighted by Crippen LogP contribution is -2.36. The van der Waals surface area contributed by atoms with Gasteiger partial charge in [-0.2, -0.15) is 0 Å². The van der Waals surface area contributed by atoms with Gasteiger partial charge in [0.2, 0.25) is 5.91 Å². The van der Waals surface area contributed by atoms with Crippen LogP contribution in [0.15, 0.2) is 53.7 Å². The predicted molar refractivity (Wildman–Crippen MR) is 125 cm³/mol. The number of nitrogens with zero attached hydrogens (tertiary/aromatic N) is 4. The molecule has 0 spiro atoms. The molecule has 1 N–H and O–H groups in total. The number of rotatable bonds is 6. The predicted octanol–water partition coefficient (Wildman–Crippen LogP) is 4.09. The standard InChI is InChI=1S/C22H24ClN5O2S/c1-15(31-22-26-25-20(27(22)2)16-3-5-17(23)6-4-16)21(29)24-18-7-9-19(10-8-18)28-11-13-30-14-12-28/h3-10,15H,11-14H2,1-2H3,(H,24,29)/t15-/m0/s1. The van der Waals surface area contributed by atoms with Crippen LogP contribution in [0.3, 0.4) is 0 Å². The van der Waals surface area contributed by atoms with Gasteiger partial charge in [-0.25, -0.2) is 0 Å². The highest BCUT2D eigenvalue weighted by atomic mass is 35.5. The number of aromatic nitrogens is 3. The van der Waals surface area contributed by atoms with Crippen LogP contribution in [-0.4, -0.2) is 52.2 Å². The average Bonchev–Trinajstić information content (AvgIpc) is 3.15. The minimum absolute atomic E-state index is 0.0832. The number of hydrogen-bond donors (Lipinski definition) is 1. The van der Waals surface area contributed by atoms with Crippen LogP contribution in [0.25, 0.3) is 11.4 Å². The van der Waals surface area contributed by atoms with Crippen molar-refractivity contribution in [1.29, 1.82) is 0 Å². The lowest BCUT2D eigenvalue weighted by atomic mass is 10.2. The van der Waals surface area contributed by atoms with Crippen LogP contribution in [0.2, 0.25) is 5.02 Å². The van der Waals surface area contributed by atoms with Crippen molar-refractivity contribution < 1.29 is 9.53 Å². The number of halogens is 1. The molecule has 9 heteroatoms. The quantitative estimate of drug-likeness (QED) is 0.562. The Balaban J connectivity index is 1.37. The zero-order valence-corrected chi connectivity index (χ0v) is 19.0. The summed E-state index contributed by atoms with van der Waals surface area (Å²) in [6.07, 6.45) is 0. The van der Waals surface area contributed by atoms with E-state index in [1.807, 2.05) is 67.1 Å². The summed E-state index contributed by atoms with van der Waals surface area (Å²) in [5.41, 5.74) is 2.83. The summed E-state index contributed by atoms with van der Waals surface area (Å²) in [6, 6.07) is 15.4. The maximum absolute atomic E-state index is 12.7. The first-order valence-corrected chi connectivity index (χ1v) is 11.3. The van der Waals surface area contributed by atoms with Crippen LogP contribution in [-0.2, 0) is 16.6 Å². The Kier molecular flexibility index (Phi) is 6.80. The molecule has 3 aromatic rings. The Bertz CT molecular complexity index is 1030. The lowest BCUT2D eigenvalue weighted by Gasteiger charge is -2.28. The molecule has 1 amide bonds. The smallest absolute Gasteiger partial charge is 0.237 e. The maximum Gasteiger partial charge on any atom is 0.237 e. The number of ether oxygens (including phenoxy) is 1. The van der Waals surface area contributed by atoms with Crippen LogP contribution in [0.5, 0.6) is 0 Å². The molecule has 4 rings (SSSR count). The monoisotopic (exact) mass is 457 g/mol. The minimum Gasteiger partial charge on any atom is -0.378 e. The summed E-state index contributed by atoms with van der Waals surface area (Å²) in [5.74, 6) is 0.644. The molecule has 1 atom stereocenters. The van der Waals surface area contributed by atoms with Crippen molar-refractivity contribution in [3.63, 3.8) is 0 Å².